The van der Waals surface area contributed by atoms with Crippen molar-refractivity contribution in [3.63, 3.8) is 0 Å². The third kappa shape index (κ3) is 5.37. The van der Waals surface area contributed by atoms with Crippen LogP contribution < -0.4 is 0 Å². The molecule has 0 amide bonds. The first-order valence-corrected chi connectivity index (χ1v) is 7.13. The number of nitrogens with zero attached hydrogens (tertiary/aromatic N) is 2. The maximum absolute atomic E-state index is 11.1. The normalized spacial score (nSPS) is 10.0. The summed E-state index contributed by atoms with van der Waals surface area (Å²) in [5.41, 5.74) is 0. The zero-order valence-electron chi connectivity index (χ0n) is 9.17. The van der Waals surface area contributed by atoms with Gasteiger partial charge in [-0.25, -0.2) is 9.59 Å². The predicted octanol–water partition coefficient (Wildman–Crippen LogP) is 3.04. The molecule has 1 rings (SSSR count). The van der Waals surface area contributed by atoms with Gasteiger partial charge in [-0.05, 0) is 13.8 Å². The highest BCUT2D eigenvalue weighted by molar-refractivity contribution is 8.16. The first kappa shape index (κ1) is 14.3. The first-order valence-electron chi connectivity index (χ1n) is 4.68. The van der Waals surface area contributed by atoms with Crippen LogP contribution in [0.3, 0.4) is 0 Å². The Hall–Kier alpha value is -0.800. The van der Waals surface area contributed by atoms with E-state index < -0.39 is 10.6 Å². The number of hydrogen-bond acceptors (Lipinski definition) is 9. The smallest absolute Gasteiger partial charge is 0.374 e. The molecule has 1 aromatic rings. The lowest BCUT2D eigenvalue weighted by molar-refractivity contribution is 0.180. The Morgan fingerprint density at radius 2 is 1.47 bits per heavy atom. The minimum atomic E-state index is -0.434. The highest BCUT2D eigenvalue weighted by Gasteiger charge is 2.14. The lowest BCUT2D eigenvalue weighted by Gasteiger charge is -1.96. The van der Waals surface area contributed by atoms with Gasteiger partial charge in [-0.3, -0.25) is 0 Å². The van der Waals surface area contributed by atoms with Crippen molar-refractivity contribution < 1.29 is 19.1 Å². The molecule has 1 aromatic heterocycles. The number of carbonyl (C=O) groups is 2. The van der Waals surface area contributed by atoms with E-state index in [-0.39, 0.29) is 0 Å². The Bertz CT molecular complexity index is 361. The van der Waals surface area contributed by atoms with Crippen molar-refractivity contribution in [1.29, 1.82) is 0 Å². The van der Waals surface area contributed by atoms with Gasteiger partial charge in [-0.15, -0.1) is 10.2 Å². The molecule has 0 N–H and O–H groups in total. The van der Waals surface area contributed by atoms with Gasteiger partial charge in [-0.1, -0.05) is 11.3 Å². The van der Waals surface area contributed by atoms with E-state index in [2.05, 4.69) is 10.2 Å². The van der Waals surface area contributed by atoms with Crippen molar-refractivity contribution in [3.8, 4) is 0 Å². The summed E-state index contributed by atoms with van der Waals surface area (Å²) in [6.07, 6.45) is 0. The Morgan fingerprint density at radius 3 is 1.82 bits per heavy atom. The minimum absolute atomic E-state index is 0.315. The van der Waals surface area contributed by atoms with Crippen LogP contribution in [0.5, 0.6) is 0 Å². The summed E-state index contributed by atoms with van der Waals surface area (Å²) >= 11 is 2.84. The second kappa shape index (κ2) is 7.51. The molecule has 0 unspecified atom stereocenters. The highest BCUT2D eigenvalue weighted by atomic mass is 32.2. The molecule has 0 atom stereocenters. The minimum Gasteiger partial charge on any atom is -0.458 e. The van der Waals surface area contributed by atoms with Crippen molar-refractivity contribution in [2.45, 2.75) is 22.5 Å². The fourth-order valence-electron chi connectivity index (χ4n) is 0.717. The van der Waals surface area contributed by atoms with E-state index in [0.717, 1.165) is 34.9 Å². The molecule has 17 heavy (non-hydrogen) atoms. The molecule has 1 heterocycles. The number of hydrogen-bond donors (Lipinski definition) is 0. The van der Waals surface area contributed by atoms with Crippen molar-refractivity contribution in [2.24, 2.45) is 0 Å². The second-order valence-corrected chi connectivity index (χ2v) is 5.75. The number of thioether (sulfide) groups is 2. The van der Waals surface area contributed by atoms with E-state index >= 15 is 0 Å². The van der Waals surface area contributed by atoms with Crippen molar-refractivity contribution in [3.05, 3.63) is 0 Å². The lowest BCUT2D eigenvalue weighted by Crippen LogP contribution is -1.95. The van der Waals surface area contributed by atoms with Crippen molar-refractivity contribution in [2.75, 3.05) is 13.2 Å². The zero-order valence-corrected chi connectivity index (χ0v) is 11.6. The van der Waals surface area contributed by atoms with Gasteiger partial charge in [0.05, 0.1) is 13.2 Å². The summed E-state index contributed by atoms with van der Waals surface area (Å²) in [7, 11) is 0. The van der Waals surface area contributed by atoms with Gasteiger partial charge in [0.15, 0.2) is 8.68 Å². The molecule has 0 aliphatic rings. The number of carbonyl (C=O) groups excluding carboxylic acids is 2. The summed E-state index contributed by atoms with van der Waals surface area (Å²) in [6, 6.07) is 0. The van der Waals surface area contributed by atoms with Gasteiger partial charge < -0.3 is 9.47 Å². The summed E-state index contributed by atoms with van der Waals surface area (Å²) in [5, 5.41) is 6.64. The standard InChI is InChI=1S/C8H10N2O4S3/c1-3-13-7(11)16-5-9-10-6(15-5)17-8(12)14-4-2/h3-4H2,1-2H3. The molecular formula is C8H10N2O4S3. The number of aromatic nitrogens is 2. The molecule has 0 aliphatic carbocycles. The number of rotatable bonds is 4. The predicted molar refractivity (Wildman–Crippen MR) is 65.7 cm³/mol. The van der Waals surface area contributed by atoms with E-state index in [4.69, 9.17) is 9.47 Å². The molecular weight excluding hydrogens is 284 g/mol. The van der Waals surface area contributed by atoms with Crippen molar-refractivity contribution >= 4 is 45.5 Å². The molecule has 0 aromatic carbocycles. The third-order valence-corrected chi connectivity index (χ3v) is 3.85. The van der Waals surface area contributed by atoms with E-state index in [1.54, 1.807) is 13.8 Å². The van der Waals surface area contributed by atoms with Crippen LogP contribution in [-0.4, -0.2) is 34.0 Å². The van der Waals surface area contributed by atoms with E-state index in [0.29, 0.717) is 21.9 Å². The first-order chi connectivity index (χ1) is 8.15. The maximum atomic E-state index is 11.1. The zero-order chi connectivity index (χ0) is 12.7. The topological polar surface area (TPSA) is 78.4 Å². The van der Waals surface area contributed by atoms with E-state index in [9.17, 15) is 9.59 Å². The van der Waals surface area contributed by atoms with Gasteiger partial charge in [0.1, 0.15) is 0 Å². The van der Waals surface area contributed by atoms with E-state index in [1.807, 2.05) is 0 Å². The maximum Gasteiger partial charge on any atom is 0.374 e. The molecule has 0 fully saturated rings. The van der Waals surface area contributed by atoms with Crippen LogP contribution in [0.1, 0.15) is 13.8 Å². The van der Waals surface area contributed by atoms with Crippen LogP contribution in [0.15, 0.2) is 8.68 Å². The van der Waals surface area contributed by atoms with E-state index in [1.165, 1.54) is 0 Å². The molecule has 0 aliphatic heterocycles. The fraction of sp³-hybridized carbons (Fsp3) is 0.500. The molecule has 0 spiro atoms. The molecule has 0 radical (unpaired) electrons. The van der Waals surface area contributed by atoms with Crippen LogP contribution in [0.25, 0.3) is 0 Å². The third-order valence-electron chi connectivity index (χ3n) is 1.25. The molecule has 0 saturated heterocycles. The van der Waals surface area contributed by atoms with Crippen LogP contribution in [-0.2, 0) is 9.47 Å². The van der Waals surface area contributed by atoms with Crippen LogP contribution in [0, 0.1) is 0 Å². The van der Waals surface area contributed by atoms with Gasteiger partial charge in [0.25, 0.3) is 0 Å². The SMILES string of the molecule is CCOC(=O)Sc1nnc(SC(=O)OCC)s1. The Kier molecular flexibility index (Phi) is 6.30. The summed E-state index contributed by atoms with van der Waals surface area (Å²) < 4.78 is 10.4. The molecule has 9 heteroatoms. The average molecular weight is 294 g/mol. The second-order valence-electron chi connectivity index (χ2n) is 2.40. The molecule has 0 saturated carbocycles. The molecule has 0 bridgehead atoms. The monoisotopic (exact) mass is 294 g/mol. The van der Waals surface area contributed by atoms with Crippen LogP contribution in [0.4, 0.5) is 9.59 Å². The fourth-order valence-corrected chi connectivity index (χ4v) is 3.20. The van der Waals surface area contributed by atoms with Gasteiger partial charge >= 0.3 is 10.6 Å². The van der Waals surface area contributed by atoms with Crippen molar-refractivity contribution in [1.82, 2.24) is 10.2 Å². The molecule has 94 valence electrons. The van der Waals surface area contributed by atoms with Crippen LogP contribution in [0.2, 0.25) is 0 Å². The summed E-state index contributed by atoms with van der Waals surface area (Å²) in [5.74, 6) is 0. The van der Waals surface area contributed by atoms with Crippen LogP contribution >= 0.6 is 34.9 Å². The Labute approximate surface area is 110 Å². The largest absolute Gasteiger partial charge is 0.458 e. The average Bonchev–Trinajstić information content (AvgIpc) is 2.66. The van der Waals surface area contributed by atoms with Gasteiger partial charge in [0.2, 0.25) is 0 Å². The highest BCUT2D eigenvalue weighted by Crippen LogP contribution is 2.30. The summed E-state index contributed by atoms with van der Waals surface area (Å²) in [4.78, 5) is 22.3. The Morgan fingerprint density at radius 1 is 1.06 bits per heavy atom. The summed E-state index contributed by atoms with van der Waals surface area (Å²) in [6.45, 7) is 4.07. The van der Waals surface area contributed by atoms with Gasteiger partial charge in [-0.2, -0.15) is 0 Å². The quantitative estimate of drug-likeness (QED) is 0.619. The Balaban J connectivity index is 2.47. The van der Waals surface area contributed by atoms with Gasteiger partial charge in [0, 0.05) is 23.5 Å². The molecule has 6 nitrogen and oxygen atoms in total. The number of ether oxygens (including phenoxy) is 2. The lowest BCUT2D eigenvalue weighted by atomic mass is 10.9.